The van der Waals surface area contributed by atoms with Crippen molar-refractivity contribution < 1.29 is 28.8 Å². The third-order valence-electron chi connectivity index (χ3n) is 5.48. The Morgan fingerprint density at radius 2 is 1.76 bits per heavy atom. The minimum absolute atomic E-state index is 0.0157. The number of carbonyl (C=O) groups excluding carboxylic acids is 4. The molecule has 2 atom stereocenters. The Hall–Kier alpha value is -3.64. The SMILES string of the molecule is CC(=O)C[C@@H]1Nc2nc(Cl)cc(C)c2CC1=O.COC(=O)[C@H](CC(C)=O)Nc1nc(Cl)cc(C)c1[N+](=O)[O-]. The highest BCUT2D eigenvalue weighted by atomic mass is 35.5. The molecular formula is C24H27Cl2N5O7. The number of ketones is 3. The predicted octanol–water partition coefficient (Wildman–Crippen LogP) is 3.81. The Bertz CT molecular complexity index is 1290. The van der Waals surface area contributed by atoms with Crippen molar-refractivity contribution in [2.24, 2.45) is 0 Å². The summed E-state index contributed by atoms with van der Waals surface area (Å²) in [6.45, 7) is 6.16. The number of methoxy groups -OCH3 is 1. The highest BCUT2D eigenvalue weighted by Gasteiger charge is 2.29. The average Bonchev–Trinajstić information content (AvgIpc) is 2.78. The Labute approximate surface area is 228 Å². The van der Waals surface area contributed by atoms with Crippen LogP contribution < -0.4 is 10.6 Å². The molecule has 14 heteroatoms. The van der Waals surface area contributed by atoms with Gasteiger partial charge in [-0.1, -0.05) is 23.2 Å². The zero-order valence-electron chi connectivity index (χ0n) is 21.4. The first-order valence-corrected chi connectivity index (χ1v) is 12.1. The normalized spacial score (nSPS) is 14.7. The van der Waals surface area contributed by atoms with E-state index < -0.39 is 23.0 Å². The molecule has 3 rings (SSSR count). The van der Waals surface area contributed by atoms with E-state index in [4.69, 9.17) is 23.2 Å². The molecule has 204 valence electrons. The van der Waals surface area contributed by atoms with Gasteiger partial charge >= 0.3 is 11.7 Å². The Kier molecular flexibility index (Phi) is 10.7. The number of halogens is 2. The number of nitrogens with zero attached hydrogens (tertiary/aromatic N) is 3. The van der Waals surface area contributed by atoms with Crippen molar-refractivity contribution in [3.8, 4) is 0 Å². The van der Waals surface area contributed by atoms with Gasteiger partial charge < -0.3 is 15.4 Å². The van der Waals surface area contributed by atoms with Crippen molar-refractivity contribution >= 4 is 63.8 Å². The van der Waals surface area contributed by atoms with Crippen LogP contribution in [-0.4, -0.2) is 57.4 Å². The molecular weight excluding hydrogens is 541 g/mol. The summed E-state index contributed by atoms with van der Waals surface area (Å²) in [5.41, 5.74) is 1.80. The maximum absolute atomic E-state index is 11.9. The summed E-state index contributed by atoms with van der Waals surface area (Å²) in [6.07, 6.45) is 0.332. The van der Waals surface area contributed by atoms with Gasteiger partial charge in [-0.05, 0) is 45.4 Å². The van der Waals surface area contributed by atoms with E-state index in [1.807, 2.05) is 6.92 Å². The van der Waals surface area contributed by atoms with E-state index in [-0.39, 0.29) is 52.4 Å². The van der Waals surface area contributed by atoms with E-state index in [1.165, 1.54) is 26.8 Å². The lowest BCUT2D eigenvalue weighted by Gasteiger charge is -2.25. The molecule has 12 nitrogen and oxygen atoms in total. The van der Waals surface area contributed by atoms with Crippen molar-refractivity contribution in [2.45, 2.75) is 59.0 Å². The minimum atomic E-state index is -1.07. The van der Waals surface area contributed by atoms with Gasteiger partial charge in [0.2, 0.25) is 5.82 Å². The molecule has 0 saturated heterocycles. The van der Waals surface area contributed by atoms with Crippen LogP contribution in [0.1, 0.15) is 43.4 Å². The number of hydrogen-bond donors (Lipinski definition) is 2. The first kappa shape index (κ1) is 30.6. The van der Waals surface area contributed by atoms with Crippen LogP contribution in [0.4, 0.5) is 17.3 Å². The number of rotatable bonds is 8. The number of ether oxygens (including phenoxy) is 1. The second-order valence-electron chi connectivity index (χ2n) is 8.68. The molecule has 0 spiro atoms. The molecule has 0 fully saturated rings. The zero-order chi connectivity index (χ0) is 28.7. The molecule has 1 aliphatic heterocycles. The zero-order valence-corrected chi connectivity index (χ0v) is 22.9. The number of aromatic nitrogens is 2. The summed E-state index contributed by atoms with van der Waals surface area (Å²) in [6, 6.07) is 1.53. The van der Waals surface area contributed by atoms with Crippen LogP contribution in [0.15, 0.2) is 12.1 Å². The number of carbonyl (C=O) groups is 4. The molecule has 0 bridgehead atoms. The number of hydrogen-bond acceptors (Lipinski definition) is 11. The van der Waals surface area contributed by atoms with Crippen LogP contribution in [0.25, 0.3) is 0 Å². The number of Topliss-reactive ketones (excluding diaryl/α,β-unsaturated/α-hetero) is 3. The van der Waals surface area contributed by atoms with Gasteiger partial charge in [0.1, 0.15) is 33.7 Å². The fraction of sp³-hybridized carbons (Fsp3) is 0.417. The Morgan fingerprint density at radius 3 is 2.32 bits per heavy atom. The van der Waals surface area contributed by atoms with E-state index >= 15 is 0 Å². The molecule has 2 aromatic heterocycles. The average molecular weight is 568 g/mol. The Morgan fingerprint density at radius 1 is 1.16 bits per heavy atom. The molecule has 0 radical (unpaired) electrons. The van der Waals surface area contributed by atoms with E-state index in [9.17, 15) is 29.3 Å². The number of anilines is 2. The van der Waals surface area contributed by atoms with E-state index in [1.54, 1.807) is 6.07 Å². The molecule has 3 heterocycles. The van der Waals surface area contributed by atoms with Gasteiger partial charge in [-0.2, -0.15) is 0 Å². The van der Waals surface area contributed by atoms with Gasteiger partial charge in [0.25, 0.3) is 0 Å². The van der Waals surface area contributed by atoms with Gasteiger partial charge in [-0.25, -0.2) is 14.8 Å². The van der Waals surface area contributed by atoms with Crippen LogP contribution in [0.3, 0.4) is 0 Å². The molecule has 1 aliphatic rings. The molecule has 0 aliphatic carbocycles. The lowest BCUT2D eigenvalue weighted by atomic mass is 9.94. The molecule has 0 amide bonds. The number of esters is 1. The van der Waals surface area contributed by atoms with Crippen LogP contribution >= 0.6 is 23.2 Å². The van der Waals surface area contributed by atoms with Gasteiger partial charge in [0.15, 0.2) is 5.78 Å². The third kappa shape index (κ3) is 8.18. The Balaban J connectivity index is 0.000000272. The van der Waals surface area contributed by atoms with Crippen molar-refractivity contribution in [1.29, 1.82) is 0 Å². The van der Waals surface area contributed by atoms with Gasteiger partial charge in [0, 0.05) is 30.4 Å². The monoisotopic (exact) mass is 567 g/mol. The lowest BCUT2D eigenvalue weighted by Crippen LogP contribution is -2.37. The second kappa shape index (κ2) is 13.2. The number of nitrogens with one attached hydrogen (secondary N) is 2. The number of nitro groups is 1. The second-order valence-corrected chi connectivity index (χ2v) is 9.45. The fourth-order valence-electron chi connectivity index (χ4n) is 3.74. The molecule has 0 unspecified atom stereocenters. The first-order chi connectivity index (χ1) is 17.7. The lowest BCUT2D eigenvalue weighted by molar-refractivity contribution is -0.384. The highest BCUT2D eigenvalue weighted by molar-refractivity contribution is 6.30. The standard InChI is InChI=1S/C12H14ClN3O5.C12H13ClN2O2/c1-6-4-9(13)15-11(10(6)16(19)20)14-8(5-7(2)17)12(18)21-3;1-6-3-11(13)15-12-8(6)5-10(17)9(14-12)4-7(2)16/h4,8H,5H2,1-3H3,(H,14,15);3,9H,4-5H2,1-2H3,(H,14,15)/t8-;9-/m00/s1. The van der Waals surface area contributed by atoms with Crippen molar-refractivity contribution in [1.82, 2.24) is 9.97 Å². The van der Waals surface area contributed by atoms with Crippen molar-refractivity contribution in [2.75, 3.05) is 17.7 Å². The van der Waals surface area contributed by atoms with Gasteiger partial charge in [-0.3, -0.25) is 24.5 Å². The maximum atomic E-state index is 11.9. The van der Waals surface area contributed by atoms with E-state index in [2.05, 4.69) is 25.3 Å². The van der Waals surface area contributed by atoms with Crippen LogP contribution in [0.2, 0.25) is 10.3 Å². The molecule has 0 aromatic carbocycles. The smallest absolute Gasteiger partial charge is 0.328 e. The molecule has 2 aromatic rings. The van der Waals surface area contributed by atoms with Crippen LogP contribution in [0.5, 0.6) is 0 Å². The number of fused-ring (bicyclic) bond motifs is 1. The molecule has 2 N–H and O–H groups in total. The summed E-state index contributed by atoms with van der Waals surface area (Å²) in [4.78, 5) is 64.2. The summed E-state index contributed by atoms with van der Waals surface area (Å²) in [5, 5.41) is 17.1. The summed E-state index contributed by atoms with van der Waals surface area (Å²) in [5.74, 6) is -0.543. The van der Waals surface area contributed by atoms with Gasteiger partial charge in [-0.15, -0.1) is 0 Å². The summed E-state index contributed by atoms with van der Waals surface area (Å²) >= 11 is 11.6. The van der Waals surface area contributed by atoms with Gasteiger partial charge in [0.05, 0.1) is 18.1 Å². The minimum Gasteiger partial charge on any atom is -0.467 e. The largest absolute Gasteiger partial charge is 0.467 e. The predicted molar refractivity (Wildman–Crippen MR) is 141 cm³/mol. The van der Waals surface area contributed by atoms with E-state index in [0.29, 0.717) is 17.4 Å². The number of pyridine rings is 2. The third-order valence-corrected chi connectivity index (χ3v) is 5.87. The summed E-state index contributed by atoms with van der Waals surface area (Å²) in [7, 11) is 1.15. The van der Waals surface area contributed by atoms with Crippen molar-refractivity contribution in [3.05, 3.63) is 49.2 Å². The van der Waals surface area contributed by atoms with Crippen LogP contribution in [0, 0.1) is 24.0 Å². The topological polar surface area (TPSA) is 170 Å². The number of aryl methyl sites for hydroxylation is 2. The van der Waals surface area contributed by atoms with Crippen LogP contribution in [-0.2, 0) is 30.3 Å². The molecule has 0 saturated carbocycles. The summed E-state index contributed by atoms with van der Waals surface area (Å²) < 4.78 is 4.56. The first-order valence-electron chi connectivity index (χ1n) is 11.3. The molecule has 38 heavy (non-hydrogen) atoms. The van der Waals surface area contributed by atoms with Crippen molar-refractivity contribution in [3.63, 3.8) is 0 Å². The maximum Gasteiger partial charge on any atom is 0.328 e. The quantitative estimate of drug-likeness (QED) is 0.205. The fourth-order valence-corrected chi connectivity index (χ4v) is 4.24. The highest BCUT2D eigenvalue weighted by Crippen LogP contribution is 2.30. The van der Waals surface area contributed by atoms with E-state index in [0.717, 1.165) is 18.2 Å².